The first-order valence-corrected chi connectivity index (χ1v) is 3.96. The van der Waals surface area contributed by atoms with Crippen molar-refractivity contribution in [2.24, 2.45) is 0 Å². The van der Waals surface area contributed by atoms with Gasteiger partial charge < -0.3 is 0 Å². The number of anilines is 2. The molecule has 2 N–H and O–H groups in total. The molecule has 0 aliphatic rings. The molecule has 0 saturated carbocycles. The van der Waals surface area contributed by atoms with Crippen LogP contribution in [0.3, 0.4) is 0 Å². The van der Waals surface area contributed by atoms with Crippen LogP contribution in [0.4, 0.5) is 37.7 Å². The molecule has 2 nitrogen and oxygen atoms in total. The second-order valence-electron chi connectivity index (χ2n) is 2.82. The molecule has 0 unspecified atom stereocenters. The number of halogens is 6. The maximum atomic E-state index is 11.8. The highest BCUT2D eigenvalue weighted by atomic mass is 19.4. The Bertz CT molecular complexity index is 304. The molecule has 1 rings (SSSR count). The number of alkyl halides is 6. The molecule has 0 bridgehead atoms. The highest BCUT2D eigenvalue weighted by Crippen LogP contribution is 2.24. The van der Waals surface area contributed by atoms with Crippen molar-refractivity contribution in [3.63, 3.8) is 0 Å². The summed E-state index contributed by atoms with van der Waals surface area (Å²) in [4.78, 5) is 0. The normalized spacial score (nSPS) is 12.4. The van der Waals surface area contributed by atoms with E-state index in [1.165, 1.54) is 0 Å². The van der Waals surface area contributed by atoms with E-state index < -0.39 is 12.6 Å². The van der Waals surface area contributed by atoms with Gasteiger partial charge in [-0.05, 0) is 24.3 Å². The summed E-state index contributed by atoms with van der Waals surface area (Å²) >= 11 is 0. The van der Waals surface area contributed by atoms with Crippen LogP contribution >= 0.6 is 0 Å². The predicted octanol–water partition coefficient (Wildman–Crippen LogP) is 3.55. The van der Waals surface area contributed by atoms with Gasteiger partial charge in [-0.3, -0.25) is 10.6 Å². The van der Waals surface area contributed by atoms with E-state index in [4.69, 9.17) is 0 Å². The minimum atomic E-state index is -4.61. The lowest BCUT2D eigenvalue weighted by molar-refractivity contribution is -0.101. The summed E-state index contributed by atoms with van der Waals surface area (Å²) in [5, 5.41) is 2.32. The zero-order valence-electron chi connectivity index (χ0n) is 7.58. The Balaban J connectivity index is 2.69. The number of hydrogen-bond acceptors (Lipinski definition) is 2. The van der Waals surface area contributed by atoms with Crippen LogP contribution in [0, 0.1) is 0 Å². The van der Waals surface area contributed by atoms with Crippen LogP contribution in [0.5, 0.6) is 0 Å². The molecular weight excluding hydrogens is 238 g/mol. The first kappa shape index (κ1) is 12.5. The summed E-state index contributed by atoms with van der Waals surface area (Å²) in [6.45, 7) is 0. The average molecular weight is 244 g/mol. The first-order valence-electron chi connectivity index (χ1n) is 3.96. The minimum Gasteiger partial charge on any atom is -0.298 e. The van der Waals surface area contributed by atoms with Crippen molar-refractivity contribution in [1.82, 2.24) is 0 Å². The van der Waals surface area contributed by atoms with Crippen molar-refractivity contribution in [1.29, 1.82) is 0 Å². The van der Waals surface area contributed by atoms with Crippen molar-refractivity contribution in [3.05, 3.63) is 24.3 Å². The van der Waals surface area contributed by atoms with Crippen LogP contribution < -0.4 is 10.6 Å². The number of rotatable bonds is 2. The van der Waals surface area contributed by atoms with E-state index in [1.807, 2.05) is 0 Å². The molecule has 0 saturated heterocycles. The minimum absolute atomic E-state index is 0.333. The van der Waals surface area contributed by atoms with Gasteiger partial charge in [0.1, 0.15) is 0 Å². The van der Waals surface area contributed by atoms with Crippen LogP contribution in [-0.4, -0.2) is 12.6 Å². The summed E-state index contributed by atoms with van der Waals surface area (Å²) in [6.07, 6.45) is -9.22. The zero-order chi connectivity index (χ0) is 12.4. The van der Waals surface area contributed by atoms with Gasteiger partial charge in [-0.15, -0.1) is 0 Å². The second kappa shape index (κ2) is 4.11. The summed E-state index contributed by atoms with van der Waals surface area (Å²) in [5.74, 6) is 0. The molecule has 90 valence electrons. The van der Waals surface area contributed by atoms with Gasteiger partial charge in [-0.2, -0.15) is 26.3 Å². The van der Waals surface area contributed by atoms with Gasteiger partial charge in [-0.1, -0.05) is 0 Å². The third kappa shape index (κ3) is 4.76. The second-order valence-corrected chi connectivity index (χ2v) is 2.82. The van der Waals surface area contributed by atoms with Gasteiger partial charge in [0.15, 0.2) is 0 Å². The van der Waals surface area contributed by atoms with Crippen LogP contribution in [0.15, 0.2) is 24.3 Å². The topological polar surface area (TPSA) is 24.1 Å². The van der Waals surface area contributed by atoms with Gasteiger partial charge >= 0.3 is 12.6 Å². The highest BCUT2D eigenvalue weighted by molar-refractivity contribution is 5.54. The summed E-state index contributed by atoms with van der Waals surface area (Å²) in [6, 6.07) is 3.56. The van der Waals surface area contributed by atoms with E-state index >= 15 is 0 Å². The van der Waals surface area contributed by atoms with Crippen molar-refractivity contribution >= 4 is 11.4 Å². The third-order valence-corrected chi connectivity index (χ3v) is 1.46. The van der Waals surface area contributed by atoms with Crippen molar-refractivity contribution < 1.29 is 26.3 Å². The van der Waals surface area contributed by atoms with Crippen molar-refractivity contribution in [2.75, 3.05) is 10.6 Å². The van der Waals surface area contributed by atoms with E-state index in [0.717, 1.165) is 34.9 Å². The Morgan fingerprint density at radius 3 is 1.06 bits per heavy atom. The Labute approximate surface area is 86.3 Å². The Morgan fingerprint density at radius 1 is 0.625 bits per heavy atom. The molecule has 0 spiro atoms. The van der Waals surface area contributed by atoms with E-state index in [2.05, 4.69) is 0 Å². The monoisotopic (exact) mass is 244 g/mol. The lowest BCUT2D eigenvalue weighted by atomic mass is 10.3. The molecule has 0 fully saturated rings. The fraction of sp³-hybridized carbons (Fsp3) is 0.250. The molecule has 0 radical (unpaired) electrons. The maximum absolute atomic E-state index is 11.8. The summed E-state index contributed by atoms with van der Waals surface area (Å²) in [7, 11) is 0. The third-order valence-electron chi connectivity index (χ3n) is 1.46. The molecule has 0 atom stereocenters. The van der Waals surface area contributed by atoms with E-state index in [9.17, 15) is 26.3 Å². The molecule has 0 aromatic heterocycles. The van der Waals surface area contributed by atoms with E-state index in [1.54, 1.807) is 0 Å². The SMILES string of the molecule is FC(F)(F)Nc1ccc(NC(F)(F)F)cc1. The molecular formula is C8H6F6N2. The fourth-order valence-corrected chi connectivity index (χ4v) is 0.964. The van der Waals surface area contributed by atoms with Gasteiger partial charge in [0.25, 0.3) is 0 Å². The molecule has 1 aromatic carbocycles. The molecule has 0 aliphatic heterocycles. The van der Waals surface area contributed by atoms with Gasteiger partial charge in [0.2, 0.25) is 0 Å². The standard InChI is InChI=1S/C8H6F6N2/c9-7(10,11)15-5-1-2-6(4-3-5)16-8(12,13)14/h1-4,15-16H. The quantitative estimate of drug-likeness (QED) is 0.614. The first-order chi connectivity index (χ1) is 7.16. The van der Waals surface area contributed by atoms with Gasteiger partial charge in [0, 0.05) is 11.4 Å². The molecule has 16 heavy (non-hydrogen) atoms. The van der Waals surface area contributed by atoms with Crippen molar-refractivity contribution in [2.45, 2.75) is 12.6 Å². The number of benzene rings is 1. The van der Waals surface area contributed by atoms with Crippen molar-refractivity contribution in [3.8, 4) is 0 Å². The number of hydrogen-bond donors (Lipinski definition) is 2. The Kier molecular flexibility index (Phi) is 3.20. The lowest BCUT2D eigenvalue weighted by Crippen LogP contribution is -2.21. The van der Waals surface area contributed by atoms with Crippen LogP contribution in [-0.2, 0) is 0 Å². The summed E-state index contributed by atoms with van der Waals surface area (Å²) in [5.41, 5.74) is -0.666. The molecule has 0 amide bonds. The number of nitrogens with one attached hydrogen (secondary N) is 2. The van der Waals surface area contributed by atoms with Gasteiger partial charge in [-0.25, -0.2) is 0 Å². The fourth-order valence-electron chi connectivity index (χ4n) is 0.964. The predicted molar refractivity (Wildman–Crippen MR) is 45.8 cm³/mol. The molecule has 8 heteroatoms. The lowest BCUT2D eigenvalue weighted by Gasteiger charge is -2.12. The maximum Gasteiger partial charge on any atom is 0.482 e. The highest BCUT2D eigenvalue weighted by Gasteiger charge is 2.28. The smallest absolute Gasteiger partial charge is 0.298 e. The molecule has 1 aromatic rings. The van der Waals surface area contributed by atoms with Crippen LogP contribution in [0.1, 0.15) is 0 Å². The average Bonchev–Trinajstić information content (AvgIpc) is 2.03. The van der Waals surface area contributed by atoms with Crippen LogP contribution in [0.25, 0.3) is 0 Å². The Morgan fingerprint density at radius 2 is 0.875 bits per heavy atom. The molecule has 0 heterocycles. The van der Waals surface area contributed by atoms with Crippen LogP contribution in [0.2, 0.25) is 0 Å². The van der Waals surface area contributed by atoms with Gasteiger partial charge in [0.05, 0.1) is 0 Å². The van der Waals surface area contributed by atoms with E-state index in [0.29, 0.717) is 0 Å². The summed E-state index contributed by atoms with van der Waals surface area (Å²) < 4.78 is 70.8. The Hall–Kier alpha value is -1.60. The molecule has 0 aliphatic carbocycles. The largest absolute Gasteiger partial charge is 0.482 e. The van der Waals surface area contributed by atoms with E-state index in [-0.39, 0.29) is 11.4 Å². The zero-order valence-corrected chi connectivity index (χ0v) is 7.58.